The quantitative estimate of drug-likeness (QED) is 0.642. The number of rotatable bonds is 5. The van der Waals surface area contributed by atoms with Gasteiger partial charge in [-0.05, 0) is 6.07 Å². The SMILES string of the molecule is CNC(=O)CN(C)C(=O)COC(=O)c1cccc2c1C(=O)c1ccccc1C2=O. The molecule has 0 bridgehead atoms. The van der Waals surface area contributed by atoms with E-state index in [1.165, 1.54) is 38.4 Å². The molecular weight excluding hydrogens is 376 g/mol. The highest BCUT2D eigenvalue weighted by Gasteiger charge is 2.33. The van der Waals surface area contributed by atoms with Gasteiger partial charge in [-0.1, -0.05) is 36.4 Å². The Hall–Kier alpha value is -3.81. The molecule has 8 nitrogen and oxygen atoms in total. The van der Waals surface area contributed by atoms with Crippen LogP contribution in [-0.4, -0.2) is 61.5 Å². The van der Waals surface area contributed by atoms with Crippen LogP contribution in [0.25, 0.3) is 0 Å². The van der Waals surface area contributed by atoms with Crippen molar-refractivity contribution in [2.75, 3.05) is 27.2 Å². The third-order valence-corrected chi connectivity index (χ3v) is 4.58. The summed E-state index contributed by atoms with van der Waals surface area (Å²) in [7, 11) is 2.84. The first-order chi connectivity index (χ1) is 13.8. The van der Waals surface area contributed by atoms with E-state index >= 15 is 0 Å². The summed E-state index contributed by atoms with van der Waals surface area (Å²) >= 11 is 0. The number of benzene rings is 2. The lowest BCUT2D eigenvalue weighted by Crippen LogP contribution is -2.39. The molecule has 1 aliphatic carbocycles. The zero-order chi connectivity index (χ0) is 21.1. The fourth-order valence-corrected chi connectivity index (χ4v) is 3.01. The molecule has 0 fully saturated rings. The van der Waals surface area contributed by atoms with E-state index in [4.69, 9.17) is 4.74 Å². The lowest BCUT2D eigenvalue weighted by Gasteiger charge is -2.20. The first-order valence-electron chi connectivity index (χ1n) is 8.78. The molecule has 1 N–H and O–H groups in total. The van der Waals surface area contributed by atoms with E-state index in [0.717, 1.165) is 4.90 Å². The maximum atomic E-state index is 12.9. The van der Waals surface area contributed by atoms with E-state index in [-0.39, 0.29) is 46.1 Å². The van der Waals surface area contributed by atoms with Gasteiger partial charge in [0.25, 0.3) is 5.91 Å². The third-order valence-electron chi connectivity index (χ3n) is 4.58. The molecule has 0 aromatic heterocycles. The lowest BCUT2D eigenvalue weighted by molar-refractivity contribution is -0.137. The second-order valence-corrected chi connectivity index (χ2v) is 6.43. The number of fused-ring (bicyclic) bond motifs is 2. The van der Waals surface area contributed by atoms with Crippen molar-refractivity contribution < 1.29 is 28.7 Å². The third kappa shape index (κ3) is 3.77. The number of esters is 1. The average Bonchev–Trinajstić information content (AvgIpc) is 2.74. The summed E-state index contributed by atoms with van der Waals surface area (Å²) in [4.78, 5) is 62.6. The predicted molar refractivity (Wildman–Crippen MR) is 102 cm³/mol. The molecule has 0 saturated carbocycles. The number of hydrogen-bond acceptors (Lipinski definition) is 6. The normalized spacial score (nSPS) is 11.9. The van der Waals surface area contributed by atoms with Crippen LogP contribution in [-0.2, 0) is 14.3 Å². The number of ketones is 2. The van der Waals surface area contributed by atoms with Crippen molar-refractivity contribution in [2.45, 2.75) is 0 Å². The predicted octanol–water partition coefficient (Wildman–Crippen LogP) is 0.823. The van der Waals surface area contributed by atoms with E-state index in [2.05, 4.69) is 5.32 Å². The van der Waals surface area contributed by atoms with E-state index in [1.54, 1.807) is 18.2 Å². The van der Waals surface area contributed by atoms with Crippen LogP contribution in [0.3, 0.4) is 0 Å². The highest BCUT2D eigenvalue weighted by molar-refractivity contribution is 6.30. The first-order valence-corrected chi connectivity index (χ1v) is 8.78. The minimum absolute atomic E-state index is 0.0348. The highest BCUT2D eigenvalue weighted by atomic mass is 16.5. The zero-order valence-electron chi connectivity index (χ0n) is 15.9. The Balaban J connectivity index is 1.82. The van der Waals surface area contributed by atoms with E-state index in [1.807, 2.05) is 0 Å². The molecule has 2 aromatic rings. The van der Waals surface area contributed by atoms with Crippen molar-refractivity contribution in [2.24, 2.45) is 0 Å². The molecule has 1 aliphatic rings. The lowest BCUT2D eigenvalue weighted by atomic mass is 9.82. The van der Waals surface area contributed by atoms with Crippen molar-refractivity contribution >= 4 is 29.4 Å². The van der Waals surface area contributed by atoms with Gasteiger partial charge < -0.3 is 15.0 Å². The van der Waals surface area contributed by atoms with Gasteiger partial charge >= 0.3 is 5.97 Å². The summed E-state index contributed by atoms with van der Waals surface area (Å²) in [5.41, 5.74) is 0.490. The maximum Gasteiger partial charge on any atom is 0.339 e. The highest BCUT2D eigenvalue weighted by Crippen LogP contribution is 2.29. The Labute approximate surface area is 166 Å². The average molecular weight is 394 g/mol. The minimum Gasteiger partial charge on any atom is -0.452 e. The number of amides is 2. The molecule has 0 saturated heterocycles. The number of nitrogens with one attached hydrogen (secondary N) is 1. The van der Waals surface area contributed by atoms with Crippen LogP contribution in [0, 0.1) is 0 Å². The molecule has 0 unspecified atom stereocenters. The van der Waals surface area contributed by atoms with Crippen molar-refractivity contribution in [1.29, 1.82) is 0 Å². The van der Waals surface area contributed by atoms with Gasteiger partial charge in [0.15, 0.2) is 18.2 Å². The topological polar surface area (TPSA) is 110 Å². The number of hydrogen-bond donors (Lipinski definition) is 1. The largest absolute Gasteiger partial charge is 0.452 e. The standard InChI is InChI=1S/C21H18N2O6/c1-22-16(24)10-23(2)17(25)11-29-21(28)15-9-5-8-14-18(15)20(27)13-7-4-3-6-12(13)19(14)26/h3-9H,10-11H2,1-2H3,(H,22,24). The first kappa shape index (κ1) is 19.9. The molecule has 0 atom stereocenters. The maximum absolute atomic E-state index is 12.9. The minimum atomic E-state index is -0.899. The number of likely N-dealkylation sites (N-methyl/N-ethyl adjacent to an activating group) is 2. The molecule has 8 heteroatoms. The summed E-state index contributed by atoms with van der Waals surface area (Å²) in [5, 5.41) is 2.38. The molecule has 29 heavy (non-hydrogen) atoms. The molecular formula is C21H18N2O6. The van der Waals surface area contributed by atoms with Gasteiger partial charge in [0.1, 0.15) is 0 Å². The van der Waals surface area contributed by atoms with Gasteiger partial charge in [0.05, 0.1) is 12.1 Å². The Morgan fingerprint density at radius 2 is 1.55 bits per heavy atom. The van der Waals surface area contributed by atoms with Crippen LogP contribution in [0.1, 0.15) is 42.2 Å². The fourth-order valence-electron chi connectivity index (χ4n) is 3.01. The Morgan fingerprint density at radius 1 is 0.931 bits per heavy atom. The van der Waals surface area contributed by atoms with Crippen LogP contribution in [0.4, 0.5) is 0 Å². The van der Waals surface area contributed by atoms with Crippen LogP contribution in [0.5, 0.6) is 0 Å². The molecule has 2 amide bonds. The molecule has 0 heterocycles. The second-order valence-electron chi connectivity index (χ2n) is 6.43. The van der Waals surface area contributed by atoms with Crippen LogP contribution in [0.15, 0.2) is 42.5 Å². The van der Waals surface area contributed by atoms with Crippen molar-refractivity contribution in [1.82, 2.24) is 10.2 Å². The Kier molecular flexibility index (Phi) is 5.54. The van der Waals surface area contributed by atoms with Gasteiger partial charge in [-0.15, -0.1) is 0 Å². The van der Waals surface area contributed by atoms with Crippen molar-refractivity contribution in [3.8, 4) is 0 Å². The number of nitrogens with zero attached hydrogens (tertiary/aromatic N) is 1. The van der Waals surface area contributed by atoms with Gasteiger partial charge in [0.2, 0.25) is 5.91 Å². The van der Waals surface area contributed by atoms with Crippen LogP contribution in [0.2, 0.25) is 0 Å². The molecule has 0 aliphatic heterocycles. The van der Waals surface area contributed by atoms with Gasteiger partial charge in [0, 0.05) is 36.3 Å². The number of carbonyl (C=O) groups excluding carboxylic acids is 5. The molecule has 2 aromatic carbocycles. The zero-order valence-corrected chi connectivity index (χ0v) is 15.9. The van der Waals surface area contributed by atoms with E-state index in [9.17, 15) is 24.0 Å². The van der Waals surface area contributed by atoms with Crippen molar-refractivity contribution in [3.05, 3.63) is 70.3 Å². The summed E-state index contributed by atoms with van der Waals surface area (Å²) in [5.74, 6) is -2.66. The second kappa shape index (κ2) is 8.05. The summed E-state index contributed by atoms with van der Waals surface area (Å²) in [6, 6.07) is 10.7. The molecule has 0 spiro atoms. The molecule has 0 radical (unpaired) electrons. The number of ether oxygens (including phenoxy) is 1. The number of carbonyl (C=O) groups is 5. The molecule has 148 valence electrons. The summed E-state index contributed by atoms with van der Waals surface area (Å²) in [6.45, 7) is -0.786. The van der Waals surface area contributed by atoms with E-state index < -0.39 is 24.3 Å². The van der Waals surface area contributed by atoms with Gasteiger partial charge in [-0.25, -0.2) is 4.79 Å². The van der Waals surface area contributed by atoms with Crippen LogP contribution >= 0.6 is 0 Å². The summed E-state index contributed by atoms with van der Waals surface area (Å²) in [6.07, 6.45) is 0. The Bertz CT molecular complexity index is 1040. The van der Waals surface area contributed by atoms with Gasteiger partial charge in [-0.3, -0.25) is 19.2 Å². The Morgan fingerprint density at radius 3 is 2.21 bits per heavy atom. The smallest absolute Gasteiger partial charge is 0.339 e. The fraction of sp³-hybridized carbons (Fsp3) is 0.190. The monoisotopic (exact) mass is 394 g/mol. The van der Waals surface area contributed by atoms with Crippen LogP contribution < -0.4 is 5.32 Å². The molecule has 3 rings (SSSR count). The van der Waals surface area contributed by atoms with Gasteiger partial charge in [-0.2, -0.15) is 0 Å². The van der Waals surface area contributed by atoms with Crippen molar-refractivity contribution in [3.63, 3.8) is 0 Å². The summed E-state index contributed by atoms with van der Waals surface area (Å²) < 4.78 is 5.04. The van der Waals surface area contributed by atoms with E-state index in [0.29, 0.717) is 0 Å².